The molecule has 9 heteroatoms. The molecule has 100 valence electrons. The van der Waals surface area contributed by atoms with Crippen LogP contribution < -0.4 is 11.5 Å². The fourth-order valence-electron chi connectivity index (χ4n) is 1.23. The van der Waals surface area contributed by atoms with Gasteiger partial charge in [0.05, 0.1) is 6.04 Å². The normalized spacial score (nSPS) is 17.1. The Balaban J connectivity index is 5.34. The summed E-state index contributed by atoms with van der Waals surface area (Å²) in [6.07, 6.45) is 0. The van der Waals surface area contributed by atoms with Gasteiger partial charge in [0.2, 0.25) is 11.8 Å². The Kier molecular flexibility index (Phi) is 5.28. The first-order valence-corrected chi connectivity index (χ1v) is 6.60. The van der Waals surface area contributed by atoms with E-state index in [1.807, 2.05) is 0 Å². The lowest BCUT2D eigenvalue weighted by atomic mass is 10.2. The van der Waals surface area contributed by atoms with Crippen LogP contribution in [0.5, 0.6) is 0 Å². The number of hydrogen-bond donors (Lipinski definition) is 4. The standard InChI is InChI=1S/C8H18N3O5P/c1-4(9)8(13)11(5(2)7(10)12)6(3)17(14,15)16/h4-6H,9H2,1-3H3,(H2,10,12)(H2,14,15,16)/t4-,5-,6-/m0/s1. The van der Waals surface area contributed by atoms with Gasteiger partial charge in [0, 0.05) is 0 Å². The van der Waals surface area contributed by atoms with Crippen molar-refractivity contribution in [2.24, 2.45) is 11.5 Å². The van der Waals surface area contributed by atoms with Crippen LogP contribution in [0.2, 0.25) is 0 Å². The van der Waals surface area contributed by atoms with Gasteiger partial charge < -0.3 is 26.2 Å². The van der Waals surface area contributed by atoms with Crippen LogP contribution in [0.15, 0.2) is 0 Å². The van der Waals surface area contributed by atoms with Crippen molar-refractivity contribution in [1.82, 2.24) is 4.90 Å². The molecule has 17 heavy (non-hydrogen) atoms. The molecule has 0 fully saturated rings. The van der Waals surface area contributed by atoms with E-state index < -0.39 is 37.3 Å². The van der Waals surface area contributed by atoms with E-state index in [-0.39, 0.29) is 0 Å². The molecule has 0 bridgehead atoms. The highest BCUT2D eigenvalue weighted by Crippen LogP contribution is 2.43. The van der Waals surface area contributed by atoms with Gasteiger partial charge in [-0.15, -0.1) is 0 Å². The third-order valence-corrected chi connectivity index (χ3v) is 3.58. The molecular weight excluding hydrogens is 249 g/mol. The van der Waals surface area contributed by atoms with Crippen LogP contribution in [0, 0.1) is 0 Å². The monoisotopic (exact) mass is 267 g/mol. The molecule has 0 aliphatic carbocycles. The van der Waals surface area contributed by atoms with E-state index in [4.69, 9.17) is 21.3 Å². The number of primary amides is 1. The van der Waals surface area contributed by atoms with Gasteiger partial charge in [-0.1, -0.05) is 0 Å². The van der Waals surface area contributed by atoms with E-state index in [0.717, 1.165) is 11.8 Å². The van der Waals surface area contributed by atoms with Gasteiger partial charge in [0.25, 0.3) is 0 Å². The van der Waals surface area contributed by atoms with Gasteiger partial charge in [-0.25, -0.2) is 0 Å². The van der Waals surface area contributed by atoms with Gasteiger partial charge in [0.1, 0.15) is 11.8 Å². The molecule has 0 aromatic carbocycles. The lowest BCUT2D eigenvalue weighted by Gasteiger charge is -2.34. The summed E-state index contributed by atoms with van der Waals surface area (Å²) in [5.74, 6) is -3.06. The van der Waals surface area contributed by atoms with Crippen molar-refractivity contribution in [3.05, 3.63) is 0 Å². The van der Waals surface area contributed by atoms with E-state index in [1.165, 1.54) is 13.8 Å². The van der Waals surface area contributed by atoms with Crippen LogP contribution in [0.3, 0.4) is 0 Å². The van der Waals surface area contributed by atoms with Crippen LogP contribution in [-0.4, -0.2) is 44.4 Å². The van der Waals surface area contributed by atoms with Gasteiger partial charge in [-0.05, 0) is 20.8 Å². The quantitative estimate of drug-likeness (QED) is 0.448. The summed E-state index contributed by atoms with van der Waals surface area (Å²) in [4.78, 5) is 41.6. The summed E-state index contributed by atoms with van der Waals surface area (Å²) in [6, 6.07) is -2.12. The smallest absolute Gasteiger partial charge is 0.347 e. The average molecular weight is 267 g/mol. The maximum atomic E-state index is 11.7. The molecule has 0 aliphatic heterocycles. The molecule has 0 unspecified atom stereocenters. The second-order valence-corrected chi connectivity index (χ2v) is 5.76. The number of hydrogen-bond acceptors (Lipinski definition) is 4. The maximum Gasteiger partial charge on any atom is 0.347 e. The predicted octanol–water partition coefficient (Wildman–Crippen LogP) is -1.44. The Hall–Kier alpha value is -0.950. The maximum absolute atomic E-state index is 11.7. The molecule has 0 saturated carbocycles. The molecule has 3 atom stereocenters. The number of rotatable bonds is 5. The van der Waals surface area contributed by atoms with E-state index in [1.54, 1.807) is 0 Å². The first-order chi connectivity index (χ1) is 7.50. The van der Waals surface area contributed by atoms with Crippen LogP contribution >= 0.6 is 7.60 Å². The molecule has 0 aliphatic rings. The average Bonchev–Trinajstić information content (AvgIpc) is 2.15. The second-order valence-electron chi connectivity index (χ2n) is 3.83. The van der Waals surface area contributed by atoms with Gasteiger partial charge >= 0.3 is 7.60 Å². The fraction of sp³-hybridized carbons (Fsp3) is 0.750. The van der Waals surface area contributed by atoms with Crippen LogP contribution in [0.4, 0.5) is 0 Å². The van der Waals surface area contributed by atoms with Crippen molar-refractivity contribution in [3.63, 3.8) is 0 Å². The van der Waals surface area contributed by atoms with E-state index in [0.29, 0.717) is 0 Å². The molecular formula is C8H18N3O5P. The van der Waals surface area contributed by atoms with Crippen molar-refractivity contribution in [3.8, 4) is 0 Å². The van der Waals surface area contributed by atoms with Crippen molar-refractivity contribution in [2.75, 3.05) is 0 Å². The van der Waals surface area contributed by atoms with Gasteiger partial charge in [-0.3, -0.25) is 14.2 Å². The van der Waals surface area contributed by atoms with Crippen LogP contribution in [-0.2, 0) is 14.2 Å². The van der Waals surface area contributed by atoms with Crippen molar-refractivity contribution >= 4 is 19.4 Å². The summed E-state index contributed by atoms with van der Waals surface area (Å²) >= 11 is 0. The first kappa shape index (κ1) is 16.1. The molecule has 0 rings (SSSR count). The Labute approximate surface area is 99.1 Å². The molecule has 0 saturated heterocycles. The molecule has 0 spiro atoms. The summed E-state index contributed by atoms with van der Waals surface area (Å²) in [5.41, 5.74) is 10.4. The number of carbonyl (C=O) groups is 2. The fourth-order valence-corrected chi connectivity index (χ4v) is 1.87. The summed E-state index contributed by atoms with van der Waals surface area (Å²) in [6.45, 7) is 3.78. The molecule has 6 N–H and O–H groups in total. The molecule has 2 amide bonds. The Bertz CT molecular complexity index is 353. The van der Waals surface area contributed by atoms with E-state index in [9.17, 15) is 14.2 Å². The van der Waals surface area contributed by atoms with Crippen molar-refractivity contribution < 1.29 is 23.9 Å². The zero-order valence-corrected chi connectivity index (χ0v) is 10.8. The largest absolute Gasteiger partial charge is 0.368 e. The SMILES string of the molecule is C[C@H](N)C(=O)N([C@@H](C)C(N)=O)[C@H](C)P(=O)(O)O. The van der Waals surface area contributed by atoms with Gasteiger partial charge in [-0.2, -0.15) is 0 Å². The minimum absolute atomic E-state index is 0.730. The van der Waals surface area contributed by atoms with E-state index in [2.05, 4.69) is 0 Å². The Morgan fingerprint density at radius 2 is 1.65 bits per heavy atom. The minimum atomic E-state index is -4.56. The number of amides is 2. The zero-order valence-electron chi connectivity index (χ0n) is 9.90. The minimum Gasteiger partial charge on any atom is -0.368 e. The molecule has 8 nitrogen and oxygen atoms in total. The summed E-state index contributed by atoms with van der Waals surface area (Å²) in [5, 5.41) is 0. The lowest BCUT2D eigenvalue weighted by Crippen LogP contribution is -2.54. The molecule has 0 heterocycles. The molecule has 0 aromatic heterocycles. The van der Waals surface area contributed by atoms with Crippen molar-refractivity contribution in [1.29, 1.82) is 0 Å². The Morgan fingerprint density at radius 3 is 1.88 bits per heavy atom. The third-order valence-electron chi connectivity index (χ3n) is 2.36. The van der Waals surface area contributed by atoms with E-state index >= 15 is 0 Å². The summed E-state index contributed by atoms with van der Waals surface area (Å²) in [7, 11) is -4.56. The van der Waals surface area contributed by atoms with Crippen molar-refractivity contribution in [2.45, 2.75) is 38.6 Å². The zero-order chi connectivity index (χ0) is 14.0. The van der Waals surface area contributed by atoms with Crippen LogP contribution in [0.25, 0.3) is 0 Å². The van der Waals surface area contributed by atoms with Gasteiger partial charge in [0.15, 0.2) is 0 Å². The first-order valence-electron chi connectivity index (χ1n) is 4.92. The highest BCUT2D eigenvalue weighted by molar-refractivity contribution is 7.52. The molecule has 0 aromatic rings. The predicted molar refractivity (Wildman–Crippen MR) is 60.7 cm³/mol. The molecule has 0 radical (unpaired) electrons. The highest BCUT2D eigenvalue weighted by Gasteiger charge is 2.38. The number of carbonyl (C=O) groups excluding carboxylic acids is 2. The second kappa shape index (κ2) is 5.59. The number of nitrogens with two attached hydrogens (primary N) is 2. The van der Waals surface area contributed by atoms with Crippen LogP contribution in [0.1, 0.15) is 20.8 Å². The highest BCUT2D eigenvalue weighted by atomic mass is 31.2. The Morgan fingerprint density at radius 1 is 1.24 bits per heavy atom. The third kappa shape index (κ3) is 4.08. The lowest BCUT2D eigenvalue weighted by molar-refractivity contribution is -0.140. The summed E-state index contributed by atoms with van der Waals surface area (Å²) < 4.78 is 11.1. The number of nitrogens with zero attached hydrogens (tertiary/aromatic N) is 1. The topological polar surface area (TPSA) is 147 Å².